The zero-order valence-corrected chi connectivity index (χ0v) is 27.2. The summed E-state index contributed by atoms with van der Waals surface area (Å²) in [7, 11) is 0. The molecule has 44 heavy (non-hydrogen) atoms. The summed E-state index contributed by atoms with van der Waals surface area (Å²) in [6.07, 6.45) is 11.8. The van der Waals surface area contributed by atoms with Gasteiger partial charge in [-0.1, -0.05) is 107 Å². The van der Waals surface area contributed by atoms with E-state index in [1.54, 1.807) is 0 Å². The molecule has 0 spiro atoms. The fourth-order valence-electron chi connectivity index (χ4n) is 7.90. The first-order valence-corrected chi connectivity index (χ1v) is 15.8. The first-order valence-electron chi connectivity index (χ1n) is 15.8. The Kier molecular flexibility index (Phi) is 6.27. The average Bonchev–Trinajstić information content (AvgIpc) is 3.54. The van der Waals surface area contributed by atoms with E-state index in [0.717, 1.165) is 45.9 Å². The largest absolute Gasteiger partial charge is 0.455 e. The average molecular weight is 583 g/mol. The standard InChI is InChI=1S/C40H42N2O2/c1-24-13-16-27(17-14-24)42(34-18-15-25(2)19-26(34)3)28-22-40(8)37(41-23-28)36-33(39(40,6)7)21-29(44-36)20-32-35(43)30-11-9-10-12-31(30)38(32,4)5/h9-21,23,26,34H,22H2,1-8H3/b32-20+. The number of anilines is 1. The Morgan fingerprint density at radius 2 is 1.70 bits per heavy atom. The highest BCUT2D eigenvalue weighted by molar-refractivity contribution is 6.17. The molecule has 0 bridgehead atoms. The quantitative estimate of drug-likeness (QED) is 0.288. The molecule has 1 aromatic heterocycles. The summed E-state index contributed by atoms with van der Waals surface area (Å²) in [6, 6.07) is 19.1. The van der Waals surface area contributed by atoms with Crippen LogP contribution in [0.3, 0.4) is 0 Å². The van der Waals surface area contributed by atoms with Crippen molar-refractivity contribution >= 4 is 23.3 Å². The predicted molar refractivity (Wildman–Crippen MR) is 180 cm³/mol. The van der Waals surface area contributed by atoms with Gasteiger partial charge in [0.1, 0.15) is 5.76 Å². The Labute approximate surface area is 261 Å². The lowest BCUT2D eigenvalue weighted by molar-refractivity contribution is 0.103. The van der Waals surface area contributed by atoms with E-state index in [2.05, 4.69) is 121 Å². The molecule has 224 valence electrons. The Morgan fingerprint density at radius 1 is 0.977 bits per heavy atom. The second-order valence-electron chi connectivity index (χ2n) is 14.5. The summed E-state index contributed by atoms with van der Waals surface area (Å²) >= 11 is 0. The molecule has 2 heterocycles. The molecule has 7 rings (SSSR count). The van der Waals surface area contributed by atoms with Crippen LogP contribution in [0.25, 0.3) is 6.08 Å². The minimum absolute atomic E-state index is 0.0843. The monoisotopic (exact) mass is 582 g/mol. The summed E-state index contributed by atoms with van der Waals surface area (Å²) in [5.41, 5.74) is 8.87. The molecule has 0 amide bonds. The van der Waals surface area contributed by atoms with E-state index in [0.29, 0.717) is 5.92 Å². The van der Waals surface area contributed by atoms with Gasteiger partial charge in [-0.2, -0.15) is 0 Å². The number of carbonyl (C=O) groups is 1. The molecule has 4 heteroatoms. The van der Waals surface area contributed by atoms with Gasteiger partial charge in [-0.15, -0.1) is 0 Å². The molecular formula is C40H42N2O2. The number of nitrogens with zero attached hydrogens (tertiary/aromatic N) is 2. The van der Waals surface area contributed by atoms with Gasteiger partial charge in [0, 0.05) is 57.0 Å². The minimum atomic E-state index is -0.382. The Hall–Kier alpha value is -4.18. The van der Waals surface area contributed by atoms with Crippen LogP contribution in [0, 0.1) is 18.3 Å². The zero-order valence-electron chi connectivity index (χ0n) is 27.2. The second kappa shape index (κ2) is 9.66. The SMILES string of the molecule is CC1=CC(C)C(N(C2=CN=C3c4oc(/C=C5\C(=O)c6ccccc6C5(C)C)cc4C(C)(C)C3(C)C2)c2ccc(C)cc2)C=C1. The van der Waals surface area contributed by atoms with Crippen LogP contribution >= 0.6 is 0 Å². The predicted octanol–water partition coefficient (Wildman–Crippen LogP) is 9.50. The molecule has 2 aromatic carbocycles. The van der Waals surface area contributed by atoms with Gasteiger partial charge in [0.05, 0.1) is 11.8 Å². The Morgan fingerprint density at radius 3 is 2.41 bits per heavy atom. The highest BCUT2D eigenvalue weighted by Crippen LogP contribution is 2.58. The van der Waals surface area contributed by atoms with Gasteiger partial charge in [-0.25, -0.2) is 0 Å². The summed E-state index contributed by atoms with van der Waals surface area (Å²) in [4.78, 5) is 21.1. The number of rotatable bonds is 4. The first-order chi connectivity index (χ1) is 20.8. The van der Waals surface area contributed by atoms with Gasteiger partial charge in [-0.3, -0.25) is 9.79 Å². The van der Waals surface area contributed by atoms with Gasteiger partial charge in [-0.05, 0) is 49.6 Å². The molecule has 0 N–H and O–H groups in total. The third-order valence-electron chi connectivity index (χ3n) is 11.0. The van der Waals surface area contributed by atoms with E-state index in [-0.39, 0.29) is 28.1 Å². The molecular weight excluding hydrogens is 540 g/mol. The van der Waals surface area contributed by atoms with Crippen molar-refractivity contribution in [3.63, 3.8) is 0 Å². The molecule has 0 saturated heterocycles. The fraction of sp³-hybridized carbons (Fsp3) is 0.350. The lowest BCUT2D eigenvalue weighted by Gasteiger charge is -2.45. The number of aliphatic imine (C=N–C) groups is 1. The Balaban J connectivity index is 1.30. The van der Waals surface area contributed by atoms with Crippen LogP contribution in [-0.2, 0) is 10.8 Å². The highest BCUT2D eigenvalue weighted by Gasteiger charge is 2.57. The first kappa shape index (κ1) is 28.6. The van der Waals surface area contributed by atoms with Crippen LogP contribution in [0.4, 0.5) is 5.69 Å². The number of benzene rings is 2. The number of allylic oxidation sites excluding steroid dienone is 4. The topological polar surface area (TPSA) is 45.8 Å². The van der Waals surface area contributed by atoms with Crippen molar-refractivity contribution in [2.24, 2.45) is 16.3 Å². The van der Waals surface area contributed by atoms with Crippen molar-refractivity contribution in [3.8, 4) is 0 Å². The molecule has 4 nitrogen and oxygen atoms in total. The smallest absolute Gasteiger partial charge is 0.190 e. The van der Waals surface area contributed by atoms with E-state index in [4.69, 9.17) is 9.41 Å². The van der Waals surface area contributed by atoms with Crippen LogP contribution in [-0.4, -0.2) is 17.5 Å². The van der Waals surface area contributed by atoms with E-state index >= 15 is 0 Å². The summed E-state index contributed by atoms with van der Waals surface area (Å²) in [6.45, 7) is 17.8. The molecule has 1 aliphatic heterocycles. The maximum atomic E-state index is 13.5. The molecule has 3 aliphatic carbocycles. The van der Waals surface area contributed by atoms with Crippen LogP contribution in [0.1, 0.15) is 93.5 Å². The maximum Gasteiger partial charge on any atom is 0.190 e. The highest BCUT2D eigenvalue weighted by atomic mass is 16.3. The van der Waals surface area contributed by atoms with Crippen LogP contribution in [0.2, 0.25) is 0 Å². The van der Waals surface area contributed by atoms with Gasteiger partial charge in [0.2, 0.25) is 0 Å². The zero-order chi connectivity index (χ0) is 31.2. The third kappa shape index (κ3) is 4.03. The number of hydrogen-bond donors (Lipinski definition) is 0. The van der Waals surface area contributed by atoms with Crippen molar-refractivity contribution in [1.29, 1.82) is 0 Å². The number of carbonyl (C=O) groups excluding carboxylic acids is 1. The van der Waals surface area contributed by atoms with Crippen molar-refractivity contribution in [2.75, 3.05) is 4.90 Å². The molecule has 0 saturated carbocycles. The van der Waals surface area contributed by atoms with E-state index in [1.807, 2.05) is 24.3 Å². The molecule has 0 fully saturated rings. The van der Waals surface area contributed by atoms with Crippen molar-refractivity contribution < 1.29 is 9.21 Å². The summed E-state index contributed by atoms with van der Waals surface area (Å²) in [5, 5.41) is 0. The lowest BCUT2D eigenvalue weighted by Crippen LogP contribution is -2.46. The molecule has 3 atom stereocenters. The number of ketones is 1. The fourth-order valence-corrected chi connectivity index (χ4v) is 7.90. The van der Waals surface area contributed by atoms with Crippen molar-refractivity contribution in [2.45, 2.75) is 78.7 Å². The van der Waals surface area contributed by atoms with E-state index in [9.17, 15) is 4.79 Å². The number of fused-ring (bicyclic) bond motifs is 4. The van der Waals surface area contributed by atoms with Crippen LogP contribution < -0.4 is 4.90 Å². The maximum absolute atomic E-state index is 13.5. The van der Waals surface area contributed by atoms with Crippen LogP contribution in [0.5, 0.6) is 0 Å². The summed E-state index contributed by atoms with van der Waals surface area (Å²) in [5.74, 6) is 2.01. The van der Waals surface area contributed by atoms with Crippen molar-refractivity contribution in [1.82, 2.24) is 0 Å². The van der Waals surface area contributed by atoms with Crippen LogP contribution in [0.15, 0.2) is 105 Å². The number of hydrogen-bond acceptors (Lipinski definition) is 4. The van der Waals surface area contributed by atoms with Crippen molar-refractivity contribution in [3.05, 3.63) is 130 Å². The number of aryl methyl sites for hydroxylation is 1. The summed E-state index contributed by atoms with van der Waals surface area (Å²) < 4.78 is 6.62. The molecule has 3 aromatic rings. The number of Topliss-reactive ketones (excluding diaryl/α,β-unsaturated/α-hetero) is 1. The molecule has 0 radical (unpaired) electrons. The second-order valence-corrected chi connectivity index (χ2v) is 14.5. The molecule has 3 unspecified atom stereocenters. The lowest BCUT2D eigenvalue weighted by atomic mass is 9.63. The van der Waals surface area contributed by atoms with E-state index < -0.39 is 0 Å². The van der Waals surface area contributed by atoms with Gasteiger partial charge in [0.15, 0.2) is 11.5 Å². The normalized spacial score (nSPS) is 27.0. The number of furan rings is 1. The van der Waals surface area contributed by atoms with E-state index in [1.165, 1.54) is 22.5 Å². The third-order valence-corrected chi connectivity index (χ3v) is 11.0. The molecule has 4 aliphatic rings. The Bertz CT molecular complexity index is 1860. The van der Waals surface area contributed by atoms with Gasteiger partial charge < -0.3 is 9.32 Å². The van der Waals surface area contributed by atoms with Gasteiger partial charge >= 0.3 is 0 Å². The minimum Gasteiger partial charge on any atom is -0.455 e. The van der Waals surface area contributed by atoms with Gasteiger partial charge in [0.25, 0.3) is 0 Å².